The Hall–Kier alpha value is -4.05. The van der Waals surface area contributed by atoms with Gasteiger partial charge in [-0.15, -0.1) is 11.3 Å². The summed E-state index contributed by atoms with van der Waals surface area (Å²) in [5.74, 6) is -1.97. The number of aryl methyl sites for hydroxylation is 1. The van der Waals surface area contributed by atoms with E-state index >= 15 is 0 Å². The number of carbonyl (C=O) groups is 4. The third-order valence-electron chi connectivity index (χ3n) is 6.01. The summed E-state index contributed by atoms with van der Waals surface area (Å²) in [6.07, 6.45) is 0.276. The van der Waals surface area contributed by atoms with Gasteiger partial charge in [-0.2, -0.15) is 0 Å². The van der Waals surface area contributed by atoms with Crippen molar-refractivity contribution in [2.24, 2.45) is 0 Å². The topological polar surface area (TPSA) is 96.0 Å². The third-order valence-corrected chi connectivity index (χ3v) is 7.09. The molecule has 0 unspecified atom stereocenters. The molecule has 2 heterocycles. The summed E-state index contributed by atoms with van der Waals surface area (Å²) in [6, 6.07) is 11.7. The Morgan fingerprint density at radius 2 is 1.76 bits per heavy atom. The summed E-state index contributed by atoms with van der Waals surface area (Å²) in [5, 5.41) is 4.68. The first-order chi connectivity index (χ1) is 17.8. The van der Waals surface area contributed by atoms with Crippen LogP contribution >= 0.6 is 11.3 Å². The first kappa shape index (κ1) is 26.0. The van der Waals surface area contributed by atoms with Gasteiger partial charge in [0.25, 0.3) is 5.91 Å². The van der Waals surface area contributed by atoms with E-state index in [0.717, 1.165) is 15.3 Å². The van der Waals surface area contributed by atoms with E-state index < -0.39 is 35.7 Å². The molecular formula is C27H26FN3O5S. The van der Waals surface area contributed by atoms with Crippen LogP contribution in [0.15, 0.2) is 60.0 Å². The quantitative estimate of drug-likeness (QED) is 0.322. The summed E-state index contributed by atoms with van der Waals surface area (Å²) in [4.78, 5) is 54.9. The second kappa shape index (κ2) is 11.3. The Morgan fingerprint density at radius 3 is 2.38 bits per heavy atom. The lowest BCUT2D eigenvalue weighted by Crippen LogP contribution is -2.39. The van der Waals surface area contributed by atoms with Gasteiger partial charge in [0.05, 0.1) is 24.3 Å². The standard InChI is InChI=1S/C27H26FN3O5S/c1-3-36-26(34)18-4-8-20(9-5-18)29-24(32)16-22-25(33)31(21-10-6-19(28)7-11-21)27(35)30(22)14-12-23-17(2)13-15-37-23/h4-11,13,15,22H,3,12,14,16H2,1-2H3,(H,29,32)/t22-/m1/s1. The molecule has 0 spiro atoms. The van der Waals surface area contributed by atoms with Gasteiger partial charge in [0.15, 0.2) is 0 Å². The maximum absolute atomic E-state index is 13.4. The molecule has 192 valence electrons. The lowest BCUT2D eigenvalue weighted by atomic mass is 10.1. The molecule has 4 amide bonds. The second-order valence-corrected chi connectivity index (χ2v) is 9.47. The molecule has 1 saturated heterocycles. The molecule has 0 aliphatic carbocycles. The Bertz CT molecular complexity index is 1310. The molecule has 1 aliphatic heterocycles. The molecular weight excluding hydrogens is 497 g/mol. The van der Waals surface area contributed by atoms with Crippen LogP contribution in [0, 0.1) is 12.7 Å². The van der Waals surface area contributed by atoms with Gasteiger partial charge in [-0.3, -0.25) is 9.59 Å². The van der Waals surface area contributed by atoms with Crippen molar-refractivity contribution in [1.82, 2.24) is 4.90 Å². The normalized spacial score (nSPS) is 15.3. The van der Waals surface area contributed by atoms with Gasteiger partial charge in [-0.25, -0.2) is 18.9 Å². The molecule has 1 aliphatic rings. The smallest absolute Gasteiger partial charge is 0.338 e. The van der Waals surface area contributed by atoms with Crippen LogP contribution in [-0.2, 0) is 20.7 Å². The molecule has 0 bridgehead atoms. The number of hydrogen-bond donors (Lipinski definition) is 1. The number of halogens is 1. The van der Waals surface area contributed by atoms with E-state index in [4.69, 9.17) is 4.74 Å². The maximum atomic E-state index is 13.4. The molecule has 0 radical (unpaired) electrons. The van der Waals surface area contributed by atoms with Crippen LogP contribution in [0.4, 0.5) is 20.6 Å². The highest BCUT2D eigenvalue weighted by Crippen LogP contribution is 2.28. The molecule has 2 aromatic carbocycles. The van der Waals surface area contributed by atoms with Crippen LogP contribution in [0.3, 0.4) is 0 Å². The molecule has 8 nitrogen and oxygen atoms in total. The van der Waals surface area contributed by atoms with Crippen molar-refractivity contribution in [3.8, 4) is 0 Å². The molecule has 4 rings (SSSR count). The number of benzene rings is 2. The fraction of sp³-hybridized carbons (Fsp3) is 0.259. The summed E-state index contributed by atoms with van der Waals surface area (Å²) in [6.45, 7) is 4.19. The number of anilines is 2. The van der Waals surface area contributed by atoms with E-state index in [2.05, 4.69) is 5.32 Å². The van der Waals surface area contributed by atoms with E-state index in [-0.39, 0.29) is 25.3 Å². The molecule has 0 saturated carbocycles. The van der Waals surface area contributed by atoms with Gasteiger partial charge >= 0.3 is 12.0 Å². The van der Waals surface area contributed by atoms with Gasteiger partial charge in [0.2, 0.25) is 5.91 Å². The Morgan fingerprint density at radius 1 is 1.05 bits per heavy atom. The van der Waals surface area contributed by atoms with Crippen LogP contribution in [0.5, 0.6) is 0 Å². The Kier molecular flexibility index (Phi) is 7.98. The number of ether oxygens (including phenoxy) is 1. The van der Waals surface area contributed by atoms with Gasteiger partial charge in [-0.05, 0) is 85.8 Å². The number of carbonyl (C=O) groups excluding carboxylic acids is 4. The van der Waals surface area contributed by atoms with Gasteiger partial charge in [-0.1, -0.05) is 0 Å². The van der Waals surface area contributed by atoms with E-state index in [1.807, 2.05) is 18.4 Å². The Labute approximate surface area is 217 Å². The zero-order valence-electron chi connectivity index (χ0n) is 20.4. The van der Waals surface area contributed by atoms with Crippen LogP contribution in [0.1, 0.15) is 34.1 Å². The van der Waals surface area contributed by atoms with Crippen molar-refractivity contribution < 1.29 is 28.3 Å². The third kappa shape index (κ3) is 5.86. The zero-order chi connectivity index (χ0) is 26.5. The lowest BCUT2D eigenvalue weighted by molar-refractivity contribution is -0.124. The average molecular weight is 524 g/mol. The fourth-order valence-corrected chi connectivity index (χ4v) is 4.99. The van der Waals surface area contributed by atoms with Gasteiger partial charge in [0.1, 0.15) is 11.9 Å². The minimum absolute atomic E-state index is 0.242. The lowest BCUT2D eigenvalue weighted by Gasteiger charge is -2.21. The predicted octanol–water partition coefficient (Wildman–Crippen LogP) is 4.78. The summed E-state index contributed by atoms with van der Waals surface area (Å²) in [5.41, 5.74) is 2.12. The van der Waals surface area contributed by atoms with Crippen molar-refractivity contribution in [2.75, 3.05) is 23.4 Å². The van der Waals surface area contributed by atoms with Crippen molar-refractivity contribution >= 4 is 46.5 Å². The molecule has 1 aromatic heterocycles. The highest BCUT2D eigenvalue weighted by atomic mass is 32.1. The van der Waals surface area contributed by atoms with Crippen LogP contribution in [0.25, 0.3) is 0 Å². The highest BCUT2D eigenvalue weighted by molar-refractivity contribution is 7.10. The first-order valence-electron chi connectivity index (χ1n) is 11.8. The molecule has 1 atom stereocenters. The van der Waals surface area contributed by atoms with Crippen molar-refractivity contribution in [1.29, 1.82) is 0 Å². The Balaban J connectivity index is 1.51. The molecule has 37 heavy (non-hydrogen) atoms. The van der Waals surface area contributed by atoms with Crippen LogP contribution in [0.2, 0.25) is 0 Å². The van der Waals surface area contributed by atoms with Crippen LogP contribution < -0.4 is 10.2 Å². The van der Waals surface area contributed by atoms with Crippen molar-refractivity contribution in [3.05, 3.63) is 81.8 Å². The van der Waals surface area contributed by atoms with Crippen molar-refractivity contribution in [2.45, 2.75) is 32.7 Å². The SMILES string of the molecule is CCOC(=O)c1ccc(NC(=O)C[C@@H]2C(=O)N(c3ccc(F)cc3)C(=O)N2CCc2sccc2C)cc1. The number of rotatable bonds is 9. The van der Waals surface area contributed by atoms with E-state index in [0.29, 0.717) is 17.7 Å². The van der Waals surface area contributed by atoms with E-state index in [1.54, 1.807) is 30.4 Å². The number of hydrogen-bond acceptors (Lipinski definition) is 6. The minimum Gasteiger partial charge on any atom is -0.462 e. The van der Waals surface area contributed by atoms with Gasteiger partial charge in [0, 0.05) is 17.1 Å². The largest absolute Gasteiger partial charge is 0.462 e. The highest BCUT2D eigenvalue weighted by Gasteiger charge is 2.46. The number of imide groups is 1. The fourth-order valence-electron chi connectivity index (χ4n) is 4.09. The summed E-state index contributed by atoms with van der Waals surface area (Å²) >= 11 is 1.57. The number of urea groups is 1. The molecule has 1 fully saturated rings. The second-order valence-electron chi connectivity index (χ2n) is 8.47. The molecule has 3 aromatic rings. The molecule has 10 heteroatoms. The van der Waals surface area contributed by atoms with Crippen molar-refractivity contribution in [3.63, 3.8) is 0 Å². The monoisotopic (exact) mass is 523 g/mol. The average Bonchev–Trinajstić information content (AvgIpc) is 3.38. The number of esters is 1. The summed E-state index contributed by atoms with van der Waals surface area (Å²) < 4.78 is 18.4. The summed E-state index contributed by atoms with van der Waals surface area (Å²) in [7, 11) is 0. The predicted molar refractivity (Wildman–Crippen MR) is 138 cm³/mol. The first-order valence-corrected chi connectivity index (χ1v) is 12.7. The van der Waals surface area contributed by atoms with Crippen LogP contribution in [-0.4, -0.2) is 47.9 Å². The minimum atomic E-state index is -1.02. The van der Waals surface area contributed by atoms with E-state index in [9.17, 15) is 23.6 Å². The number of nitrogens with one attached hydrogen (secondary N) is 1. The maximum Gasteiger partial charge on any atom is 0.338 e. The number of amides is 4. The molecule has 1 N–H and O–H groups in total. The van der Waals surface area contributed by atoms with Gasteiger partial charge < -0.3 is 15.0 Å². The zero-order valence-corrected chi connectivity index (χ0v) is 21.2. The number of thiophene rings is 1. The number of nitrogens with zero attached hydrogens (tertiary/aromatic N) is 2. The van der Waals surface area contributed by atoms with E-state index in [1.165, 1.54) is 41.3 Å².